The van der Waals surface area contributed by atoms with Crippen molar-refractivity contribution in [3.05, 3.63) is 90.1 Å². The van der Waals surface area contributed by atoms with Crippen molar-refractivity contribution in [2.75, 3.05) is 0 Å². The monoisotopic (exact) mass is 386 g/mol. The van der Waals surface area contributed by atoms with Crippen LogP contribution in [0.1, 0.15) is 5.56 Å². The molecule has 0 saturated carbocycles. The maximum Gasteiger partial charge on any atom is 0.216 e. The molecule has 2 aromatic heterocycles. The number of rotatable bonds is 2. The van der Waals surface area contributed by atoms with Gasteiger partial charge in [-0.25, -0.2) is 13.3 Å². The molecular formula is C25H18F2NO+. The fourth-order valence-electron chi connectivity index (χ4n) is 4.04. The third-order valence-electron chi connectivity index (χ3n) is 5.38. The third kappa shape index (κ3) is 2.64. The van der Waals surface area contributed by atoms with Crippen LogP contribution in [0.4, 0.5) is 8.78 Å². The maximum absolute atomic E-state index is 15.1. The molecule has 2 nitrogen and oxygen atoms in total. The van der Waals surface area contributed by atoms with Gasteiger partial charge in [0, 0.05) is 17.5 Å². The Labute approximate surface area is 166 Å². The van der Waals surface area contributed by atoms with E-state index in [2.05, 4.69) is 0 Å². The molecule has 0 fully saturated rings. The normalized spacial score (nSPS) is 11.4. The first-order chi connectivity index (χ1) is 14.1. The first-order valence-corrected chi connectivity index (χ1v) is 9.40. The number of fused-ring (bicyclic) bond motifs is 3. The van der Waals surface area contributed by atoms with Gasteiger partial charge in [-0.05, 0) is 42.3 Å². The summed E-state index contributed by atoms with van der Waals surface area (Å²) in [5.74, 6) is -0.768. The zero-order chi connectivity index (χ0) is 20.1. The molecule has 0 atom stereocenters. The Bertz CT molecular complexity index is 1390. The van der Waals surface area contributed by atoms with Gasteiger partial charge in [0.25, 0.3) is 0 Å². The van der Waals surface area contributed by atoms with Gasteiger partial charge < -0.3 is 4.42 Å². The fourth-order valence-corrected chi connectivity index (χ4v) is 4.04. The summed E-state index contributed by atoms with van der Waals surface area (Å²) in [5.41, 5.74) is 4.30. The number of halogens is 2. The van der Waals surface area contributed by atoms with Crippen molar-refractivity contribution < 1.29 is 17.8 Å². The zero-order valence-corrected chi connectivity index (χ0v) is 16.0. The lowest BCUT2D eigenvalue weighted by Crippen LogP contribution is -2.30. The second-order valence-electron chi connectivity index (χ2n) is 7.22. The Balaban J connectivity index is 1.96. The van der Waals surface area contributed by atoms with E-state index in [9.17, 15) is 4.39 Å². The molecule has 4 heteroatoms. The number of nitrogens with zero attached hydrogens (tertiary/aromatic N) is 1. The van der Waals surface area contributed by atoms with Crippen molar-refractivity contribution in [2.45, 2.75) is 6.92 Å². The highest BCUT2D eigenvalue weighted by Gasteiger charge is 2.25. The van der Waals surface area contributed by atoms with Gasteiger partial charge in [0.2, 0.25) is 5.69 Å². The van der Waals surface area contributed by atoms with Crippen LogP contribution in [-0.2, 0) is 7.05 Å². The summed E-state index contributed by atoms with van der Waals surface area (Å²) in [6.45, 7) is 1.86. The minimum Gasteiger partial charge on any atom is -0.454 e. The van der Waals surface area contributed by atoms with Crippen LogP contribution in [0.5, 0.6) is 0 Å². The van der Waals surface area contributed by atoms with Crippen molar-refractivity contribution in [3.63, 3.8) is 0 Å². The van der Waals surface area contributed by atoms with E-state index >= 15 is 4.39 Å². The Hall–Kier alpha value is -3.53. The van der Waals surface area contributed by atoms with Crippen LogP contribution in [-0.4, -0.2) is 0 Å². The summed E-state index contributed by atoms with van der Waals surface area (Å²) in [6, 6.07) is 19.5. The Morgan fingerprint density at radius 2 is 1.55 bits per heavy atom. The molecule has 0 spiro atoms. The SMILES string of the molecule is Cc1cc(F)c2c(oc3c(-c4ccccc4)c(F)ccc32)c1-c1cccc[n+]1C. The van der Waals surface area contributed by atoms with Crippen LogP contribution in [0.15, 0.2) is 77.3 Å². The molecule has 0 radical (unpaired) electrons. The maximum atomic E-state index is 15.1. The number of hydrogen-bond acceptors (Lipinski definition) is 1. The molecule has 0 unspecified atom stereocenters. The fraction of sp³-hybridized carbons (Fsp3) is 0.0800. The van der Waals surface area contributed by atoms with Gasteiger partial charge in [-0.3, -0.25) is 0 Å². The lowest BCUT2D eigenvalue weighted by molar-refractivity contribution is -0.660. The largest absolute Gasteiger partial charge is 0.454 e. The van der Waals surface area contributed by atoms with E-state index in [1.165, 1.54) is 12.1 Å². The standard InChI is InChI=1S/C25H18F2NO/c1-15-14-19(27)23-17-11-12-18(26)22(16-8-4-3-5-9-16)24(17)29-25(23)21(15)20-10-6-7-13-28(20)2/h3-14H,1-2H3/q+1. The smallest absolute Gasteiger partial charge is 0.216 e. The second-order valence-corrected chi connectivity index (χ2v) is 7.22. The van der Waals surface area contributed by atoms with Crippen LogP contribution in [0.2, 0.25) is 0 Å². The predicted octanol–water partition coefficient (Wildman–Crippen LogP) is 6.33. The number of benzene rings is 3. The van der Waals surface area contributed by atoms with E-state index in [1.807, 2.05) is 73.3 Å². The van der Waals surface area contributed by atoms with Crippen LogP contribution in [0.3, 0.4) is 0 Å². The summed E-state index contributed by atoms with van der Waals surface area (Å²) >= 11 is 0. The van der Waals surface area contributed by atoms with Gasteiger partial charge in [0.15, 0.2) is 11.8 Å². The molecule has 0 aliphatic rings. The van der Waals surface area contributed by atoms with Crippen LogP contribution < -0.4 is 4.57 Å². The lowest BCUT2D eigenvalue weighted by atomic mass is 9.98. The van der Waals surface area contributed by atoms with Gasteiger partial charge in [-0.2, -0.15) is 0 Å². The Morgan fingerprint density at radius 1 is 0.793 bits per heavy atom. The molecule has 0 N–H and O–H groups in total. The molecule has 0 amide bonds. The summed E-state index contributed by atoms with van der Waals surface area (Å²) < 4.78 is 38.1. The molecule has 29 heavy (non-hydrogen) atoms. The Kier molecular flexibility index (Phi) is 3.95. The van der Waals surface area contributed by atoms with Crippen molar-refractivity contribution in [3.8, 4) is 22.4 Å². The first kappa shape index (κ1) is 17.6. The third-order valence-corrected chi connectivity index (χ3v) is 5.38. The minimum absolute atomic E-state index is 0.347. The van der Waals surface area contributed by atoms with Gasteiger partial charge in [-0.15, -0.1) is 0 Å². The van der Waals surface area contributed by atoms with Crippen LogP contribution in [0, 0.1) is 18.6 Å². The highest BCUT2D eigenvalue weighted by molar-refractivity contribution is 6.13. The first-order valence-electron chi connectivity index (χ1n) is 9.40. The van der Waals surface area contributed by atoms with E-state index in [0.717, 1.165) is 16.8 Å². The molecule has 0 bridgehead atoms. The van der Waals surface area contributed by atoms with E-state index in [0.29, 0.717) is 33.1 Å². The van der Waals surface area contributed by atoms with Crippen molar-refractivity contribution in [1.29, 1.82) is 0 Å². The lowest BCUT2D eigenvalue weighted by Gasteiger charge is -2.06. The molecule has 2 heterocycles. The number of aryl methyl sites for hydroxylation is 2. The van der Waals surface area contributed by atoms with Gasteiger partial charge in [0.05, 0.1) is 16.5 Å². The van der Waals surface area contributed by atoms with Gasteiger partial charge in [-0.1, -0.05) is 30.3 Å². The molecular weight excluding hydrogens is 368 g/mol. The summed E-state index contributed by atoms with van der Waals surface area (Å²) in [4.78, 5) is 0. The van der Waals surface area contributed by atoms with E-state index in [1.54, 1.807) is 6.07 Å². The van der Waals surface area contributed by atoms with Gasteiger partial charge >= 0.3 is 0 Å². The second kappa shape index (κ2) is 6.52. The quantitative estimate of drug-likeness (QED) is 0.324. The summed E-state index contributed by atoms with van der Waals surface area (Å²) in [7, 11) is 1.93. The molecule has 5 rings (SSSR count). The number of hydrogen-bond donors (Lipinski definition) is 0. The number of furan rings is 1. The topological polar surface area (TPSA) is 17.0 Å². The van der Waals surface area contributed by atoms with E-state index in [4.69, 9.17) is 4.42 Å². The average Bonchev–Trinajstić information content (AvgIpc) is 3.09. The van der Waals surface area contributed by atoms with Crippen molar-refractivity contribution in [2.24, 2.45) is 7.05 Å². The molecule has 0 aliphatic carbocycles. The van der Waals surface area contributed by atoms with Gasteiger partial charge in [0.1, 0.15) is 24.3 Å². The van der Waals surface area contributed by atoms with Crippen molar-refractivity contribution >= 4 is 21.9 Å². The molecule has 3 aromatic carbocycles. The molecule has 0 saturated heterocycles. The number of aromatic nitrogens is 1. The Morgan fingerprint density at radius 3 is 2.31 bits per heavy atom. The van der Waals surface area contributed by atoms with Crippen molar-refractivity contribution in [1.82, 2.24) is 0 Å². The van der Waals surface area contributed by atoms with E-state index < -0.39 is 5.82 Å². The zero-order valence-electron chi connectivity index (χ0n) is 16.0. The minimum atomic E-state index is -0.397. The predicted molar refractivity (Wildman–Crippen MR) is 110 cm³/mol. The highest BCUT2D eigenvalue weighted by Crippen LogP contribution is 2.42. The number of pyridine rings is 1. The average molecular weight is 386 g/mol. The molecule has 142 valence electrons. The highest BCUT2D eigenvalue weighted by atomic mass is 19.1. The summed E-state index contributed by atoms with van der Waals surface area (Å²) in [6.07, 6.45) is 1.93. The van der Waals surface area contributed by atoms with Crippen LogP contribution >= 0.6 is 0 Å². The van der Waals surface area contributed by atoms with E-state index in [-0.39, 0.29) is 5.82 Å². The van der Waals surface area contributed by atoms with Crippen LogP contribution in [0.25, 0.3) is 44.3 Å². The summed E-state index contributed by atoms with van der Waals surface area (Å²) in [5, 5.41) is 0.944. The molecule has 0 aliphatic heterocycles. The molecule has 5 aromatic rings.